The van der Waals surface area contributed by atoms with Crippen LogP contribution in [0.1, 0.15) is 32.8 Å². The number of nitrogens with one attached hydrogen (secondary N) is 2. The molecule has 1 rings (SSSR count). The van der Waals surface area contributed by atoms with Gasteiger partial charge in [-0.2, -0.15) is 0 Å². The van der Waals surface area contributed by atoms with Crippen molar-refractivity contribution in [1.82, 2.24) is 15.5 Å². The molecule has 0 radical (unpaired) electrons. The largest absolute Gasteiger partial charge is 0.357 e. The van der Waals surface area contributed by atoms with E-state index in [0.717, 1.165) is 38.6 Å². The number of aliphatic imine (C=N–C) groups is 1. The van der Waals surface area contributed by atoms with E-state index in [4.69, 9.17) is 4.99 Å². The lowest BCUT2D eigenvalue weighted by Gasteiger charge is -2.24. The summed E-state index contributed by atoms with van der Waals surface area (Å²) in [5.41, 5.74) is 1.36. The lowest BCUT2D eigenvalue weighted by Crippen LogP contribution is -2.39. The van der Waals surface area contributed by atoms with Gasteiger partial charge in [0.2, 0.25) is 0 Å². The molecule has 23 heavy (non-hydrogen) atoms. The zero-order valence-electron chi connectivity index (χ0n) is 15.2. The van der Waals surface area contributed by atoms with Gasteiger partial charge in [-0.15, -0.1) is 24.0 Å². The molecule has 0 atom stereocenters. The normalized spacial score (nSPS) is 12.0. The lowest BCUT2D eigenvalue weighted by molar-refractivity contribution is 0.399. The summed E-state index contributed by atoms with van der Waals surface area (Å²) < 4.78 is 0. The van der Waals surface area contributed by atoms with Crippen molar-refractivity contribution < 1.29 is 0 Å². The molecule has 0 bridgehead atoms. The third-order valence-electron chi connectivity index (χ3n) is 3.61. The third kappa shape index (κ3) is 9.15. The molecule has 0 heterocycles. The maximum atomic E-state index is 4.76. The minimum absolute atomic E-state index is 0. The second-order valence-corrected chi connectivity index (χ2v) is 6.53. The molecule has 1 aromatic carbocycles. The Morgan fingerprint density at radius 2 is 1.78 bits per heavy atom. The zero-order valence-corrected chi connectivity index (χ0v) is 17.6. The van der Waals surface area contributed by atoms with Gasteiger partial charge in [-0.05, 0) is 39.5 Å². The quantitative estimate of drug-likeness (QED) is 0.287. The molecule has 1 aromatic rings. The van der Waals surface area contributed by atoms with Crippen LogP contribution in [0.15, 0.2) is 35.3 Å². The molecular weight excluding hydrogens is 399 g/mol. The minimum Gasteiger partial charge on any atom is -0.357 e. The van der Waals surface area contributed by atoms with E-state index in [1.54, 1.807) is 0 Å². The molecule has 0 aliphatic rings. The second-order valence-electron chi connectivity index (χ2n) is 6.53. The van der Waals surface area contributed by atoms with Crippen LogP contribution in [0.5, 0.6) is 0 Å². The van der Waals surface area contributed by atoms with Crippen LogP contribution in [0.4, 0.5) is 0 Å². The molecular formula is C18H33IN4. The fourth-order valence-electron chi connectivity index (χ4n) is 2.20. The summed E-state index contributed by atoms with van der Waals surface area (Å²) in [5.74, 6) is 0.908. The SMILES string of the molecule is CCNC(=NCC(C)(C)c1ccccc1)NCCCN(C)C.I. The van der Waals surface area contributed by atoms with E-state index < -0.39 is 0 Å². The summed E-state index contributed by atoms with van der Waals surface area (Å²) in [6.45, 7) is 10.2. The van der Waals surface area contributed by atoms with Crippen molar-refractivity contribution in [3.8, 4) is 0 Å². The predicted octanol–water partition coefficient (Wildman–Crippen LogP) is 3.09. The van der Waals surface area contributed by atoms with Crippen molar-refractivity contribution in [2.75, 3.05) is 40.3 Å². The molecule has 132 valence electrons. The Hall–Kier alpha value is -0.820. The van der Waals surface area contributed by atoms with E-state index in [9.17, 15) is 0 Å². The fourth-order valence-corrected chi connectivity index (χ4v) is 2.20. The van der Waals surface area contributed by atoms with Crippen molar-refractivity contribution in [1.29, 1.82) is 0 Å². The number of guanidine groups is 1. The number of rotatable bonds is 8. The van der Waals surface area contributed by atoms with Crippen LogP contribution in [0.2, 0.25) is 0 Å². The van der Waals surface area contributed by atoms with Gasteiger partial charge in [0.1, 0.15) is 0 Å². The first kappa shape index (κ1) is 22.2. The van der Waals surface area contributed by atoms with Crippen LogP contribution >= 0.6 is 24.0 Å². The van der Waals surface area contributed by atoms with E-state index >= 15 is 0 Å². The second kappa shape index (κ2) is 11.7. The average molecular weight is 432 g/mol. The molecule has 0 saturated heterocycles. The van der Waals surface area contributed by atoms with Gasteiger partial charge in [-0.1, -0.05) is 44.2 Å². The molecule has 0 saturated carbocycles. The first-order valence-electron chi connectivity index (χ1n) is 8.18. The highest BCUT2D eigenvalue weighted by atomic mass is 127. The van der Waals surface area contributed by atoms with Gasteiger partial charge in [0.15, 0.2) is 5.96 Å². The minimum atomic E-state index is 0. The number of hydrogen-bond donors (Lipinski definition) is 2. The van der Waals surface area contributed by atoms with Crippen molar-refractivity contribution >= 4 is 29.9 Å². The predicted molar refractivity (Wildman–Crippen MR) is 112 cm³/mol. The smallest absolute Gasteiger partial charge is 0.191 e. The Morgan fingerprint density at radius 1 is 1.13 bits per heavy atom. The summed E-state index contributed by atoms with van der Waals surface area (Å²) in [7, 11) is 4.20. The topological polar surface area (TPSA) is 39.7 Å². The number of halogens is 1. The molecule has 2 N–H and O–H groups in total. The summed E-state index contributed by atoms with van der Waals surface area (Å²) in [5, 5.41) is 6.73. The van der Waals surface area contributed by atoms with Crippen LogP contribution < -0.4 is 10.6 Å². The van der Waals surface area contributed by atoms with E-state index in [1.165, 1.54) is 5.56 Å². The molecule has 0 fully saturated rings. The molecule has 4 nitrogen and oxygen atoms in total. The lowest BCUT2D eigenvalue weighted by atomic mass is 9.85. The first-order chi connectivity index (χ1) is 10.5. The van der Waals surface area contributed by atoms with Crippen LogP contribution in [-0.2, 0) is 5.41 Å². The Balaban J connectivity index is 0.00000484. The number of nitrogens with zero attached hydrogens (tertiary/aromatic N) is 2. The van der Waals surface area contributed by atoms with Crippen molar-refractivity contribution in [3.05, 3.63) is 35.9 Å². The van der Waals surface area contributed by atoms with Crippen molar-refractivity contribution in [2.24, 2.45) is 4.99 Å². The highest BCUT2D eigenvalue weighted by molar-refractivity contribution is 14.0. The van der Waals surface area contributed by atoms with Gasteiger partial charge in [-0.25, -0.2) is 0 Å². The standard InChI is InChI=1S/C18H32N4.HI/c1-6-19-17(20-13-10-14-22(4)5)21-15-18(2,3)16-11-8-7-9-12-16;/h7-9,11-12H,6,10,13-15H2,1-5H3,(H2,19,20,21);1H. The van der Waals surface area contributed by atoms with Gasteiger partial charge in [0, 0.05) is 18.5 Å². The van der Waals surface area contributed by atoms with Crippen molar-refractivity contribution in [3.63, 3.8) is 0 Å². The average Bonchev–Trinajstić information content (AvgIpc) is 2.49. The highest BCUT2D eigenvalue weighted by Gasteiger charge is 2.19. The summed E-state index contributed by atoms with van der Waals surface area (Å²) in [6, 6.07) is 10.6. The van der Waals surface area contributed by atoms with E-state index in [-0.39, 0.29) is 29.4 Å². The third-order valence-corrected chi connectivity index (χ3v) is 3.61. The van der Waals surface area contributed by atoms with Gasteiger partial charge in [0.25, 0.3) is 0 Å². The summed E-state index contributed by atoms with van der Waals surface area (Å²) in [4.78, 5) is 6.96. The van der Waals surface area contributed by atoms with Gasteiger partial charge >= 0.3 is 0 Å². The Bertz CT molecular complexity index is 444. The number of benzene rings is 1. The number of hydrogen-bond acceptors (Lipinski definition) is 2. The van der Waals surface area contributed by atoms with E-state index in [1.807, 2.05) is 0 Å². The van der Waals surface area contributed by atoms with Gasteiger partial charge in [-0.3, -0.25) is 4.99 Å². The molecule has 0 aromatic heterocycles. The van der Waals surface area contributed by atoms with Crippen LogP contribution in [0.3, 0.4) is 0 Å². The van der Waals surface area contributed by atoms with Crippen LogP contribution in [-0.4, -0.2) is 51.1 Å². The van der Waals surface area contributed by atoms with Crippen LogP contribution in [0, 0.1) is 0 Å². The zero-order chi connectivity index (χ0) is 16.4. The van der Waals surface area contributed by atoms with Crippen molar-refractivity contribution in [2.45, 2.75) is 32.6 Å². The first-order valence-corrected chi connectivity index (χ1v) is 8.18. The van der Waals surface area contributed by atoms with Gasteiger partial charge < -0.3 is 15.5 Å². The molecule has 0 aliphatic carbocycles. The maximum Gasteiger partial charge on any atom is 0.191 e. The molecule has 5 heteroatoms. The van der Waals surface area contributed by atoms with E-state index in [0.29, 0.717) is 0 Å². The Kier molecular flexibility index (Phi) is 11.3. The monoisotopic (exact) mass is 432 g/mol. The van der Waals surface area contributed by atoms with Gasteiger partial charge in [0.05, 0.1) is 6.54 Å². The molecule has 0 aliphatic heterocycles. The van der Waals surface area contributed by atoms with E-state index in [2.05, 4.69) is 80.7 Å². The fraction of sp³-hybridized carbons (Fsp3) is 0.611. The highest BCUT2D eigenvalue weighted by Crippen LogP contribution is 2.22. The maximum absolute atomic E-state index is 4.76. The Morgan fingerprint density at radius 3 is 2.35 bits per heavy atom. The van der Waals surface area contributed by atoms with Crippen LogP contribution in [0.25, 0.3) is 0 Å². The molecule has 0 spiro atoms. The molecule has 0 unspecified atom stereocenters. The summed E-state index contributed by atoms with van der Waals surface area (Å²) >= 11 is 0. The molecule has 0 amide bonds. The Labute approximate surface area is 159 Å². The summed E-state index contributed by atoms with van der Waals surface area (Å²) in [6.07, 6.45) is 1.11.